The first-order valence-electron chi connectivity index (χ1n) is 5.84. The van der Waals surface area contributed by atoms with Crippen LogP contribution in [0.1, 0.15) is 10.4 Å². The van der Waals surface area contributed by atoms with Gasteiger partial charge < -0.3 is 10.7 Å². The Morgan fingerprint density at radius 3 is 2.74 bits per heavy atom. The van der Waals surface area contributed by atoms with Crippen LogP contribution in [0.3, 0.4) is 0 Å². The lowest BCUT2D eigenvalue weighted by molar-refractivity contribution is 0.102. The summed E-state index contributed by atoms with van der Waals surface area (Å²) < 4.78 is 0. The molecular weight excluding hydrogens is 240 g/mol. The van der Waals surface area contributed by atoms with Crippen LogP contribution in [0, 0.1) is 0 Å². The van der Waals surface area contributed by atoms with Crippen molar-refractivity contribution >= 4 is 28.6 Å². The van der Waals surface area contributed by atoms with Crippen LogP contribution in [0.15, 0.2) is 48.5 Å². The van der Waals surface area contributed by atoms with Crippen molar-refractivity contribution in [2.45, 2.75) is 0 Å². The SMILES string of the molecule is Nc1ccc2nc(NC(=O)c3ccccc3)[nH]c2c1. The molecule has 0 unspecified atom stereocenters. The van der Waals surface area contributed by atoms with Gasteiger partial charge in [0.1, 0.15) is 0 Å². The van der Waals surface area contributed by atoms with Crippen LogP contribution < -0.4 is 11.1 Å². The van der Waals surface area contributed by atoms with Gasteiger partial charge in [0.2, 0.25) is 5.95 Å². The third kappa shape index (κ3) is 2.26. The molecule has 0 aliphatic rings. The highest BCUT2D eigenvalue weighted by molar-refractivity contribution is 6.03. The topological polar surface area (TPSA) is 83.8 Å². The minimum atomic E-state index is -0.201. The molecule has 1 amide bonds. The van der Waals surface area contributed by atoms with Gasteiger partial charge in [0, 0.05) is 11.3 Å². The summed E-state index contributed by atoms with van der Waals surface area (Å²) in [4.78, 5) is 19.3. The minimum absolute atomic E-state index is 0.201. The van der Waals surface area contributed by atoms with Gasteiger partial charge in [-0.3, -0.25) is 10.1 Å². The molecule has 1 heterocycles. The Kier molecular flexibility index (Phi) is 2.64. The Hall–Kier alpha value is -2.82. The number of rotatable bonds is 2. The molecule has 0 spiro atoms. The fraction of sp³-hybridized carbons (Fsp3) is 0. The van der Waals surface area contributed by atoms with E-state index in [1.165, 1.54) is 0 Å². The fourth-order valence-electron chi connectivity index (χ4n) is 1.86. The first kappa shape index (κ1) is 11.3. The summed E-state index contributed by atoms with van der Waals surface area (Å²) >= 11 is 0. The van der Waals surface area contributed by atoms with E-state index in [4.69, 9.17) is 5.73 Å². The molecule has 0 aliphatic heterocycles. The molecule has 4 N–H and O–H groups in total. The molecule has 5 nitrogen and oxygen atoms in total. The summed E-state index contributed by atoms with van der Waals surface area (Å²) in [6.07, 6.45) is 0. The highest BCUT2D eigenvalue weighted by Crippen LogP contribution is 2.17. The summed E-state index contributed by atoms with van der Waals surface area (Å²) in [6, 6.07) is 14.3. The predicted octanol–water partition coefficient (Wildman–Crippen LogP) is 2.40. The Balaban J connectivity index is 1.87. The average Bonchev–Trinajstić information content (AvgIpc) is 2.81. The molecular formula is C14H12N4O. The second-order valence-corrected chi connectivity index (χ2v) is 4.18. The van der Waals surface area contributed by atoms with Gasteiger partial charge in [0.25, 0.3) is 5.91 Å². The van der Waals surface area contributed by atoms with Crippen LogP contribution >= 0.6 is 0 Å². The monoisotopic (exact) mass is 252 g/mol. The Bertz CT molecular complexity index is 734. The largest absolute Gasteiger partial charge is 0.399 e. The second-order valence-electron chi connectivity index (χ2n) is 4.18. The lowest BCUT2D eigenvalue weighted by atomic mass is 10.2. The number of fused-ring (bicyclic) bond motifs is 1. The van der Waals surface area contributed by atoms with Crippen molar-refractivity contribution in [3.63, 3.8) is 0 Å². The summed E-state index contributed by atoms with van der Waals surface area (Å²) in [6.45, 7) is 0. The third-order valence-electron chi connectivity index (χ3n) is 2.77. The molecule has 0 saturated carbocycles. The predicted molar refractivity (Wildman–Crippen MR) is 74.9 cm³/mol. The van der Waals surface area contributed by atoms with Crippen LogP contribution in [0.2, 0.25) is 0 Å². The molecule has 3 aromatic rings. The molecule has 5 heteroatoms. The molecule has 2 aromatic carbocycles. The lowest BCUT2D eigenvalue weighted by Gasteiger charge is -2.00. The molecule has 94 valence electrons. The van der Waals surface area contributed by atoms with Crippen molar-refractivity contribution in [2.24, 2.45) is 0 Å². The first-order chi connectivity index (χ1) is 9.22. The maximum absolute atomic E-state index is 12.0. The number of hydrogen-bond acceptors (Lipinski definition) is 3. The second kappa shape index (κ2) is 4.45. The van der Waals surface area contributed by atoms with Crippen molar-refractivity contribution in [3.8, 4) is 0 Å². The van der Waals surface area contributed by atoms with E-state index < -0.39 is 0 Å². The third-order valence-corrected chi connectivity index (χ3v) is 2.77. The number of imidazole rings is 1. The zero-order chi connectivity index (χ0) is 13.2. The number of carbonyl (C=O) groups excluding carboxylic acids is 1. The molecule has 0 fully saturated rings. The van der Waals surface area contributed by atoms with Gasteiger partial charge in [-0.1, -0.05) is 18.2 Å². The Morgan fingerprint density at radius 1 is 1.16 bits per heavy atom. The minimum Gasteiger partial charge on any atom is -0.399 e. The van der Waals surface area contributed by atoms with Gasteiger partial charge >= 0.3 is 0 Å². The van der Waals surface area contributed by atoms with Crippen molar-refractivity contribution in [1.82, 2.24) is 9.97 Å². The van der Waals surface area contributed by atoms with Crippen molar-refractivity contribution in [3.05, 3.63) is 54.1 Å². The number of aromatic nitrogens is 2. The van der Waals surface area contributed by atoms with E-state index in [1.54, 1.807) is 30.3 Å². The number of hydrogen-bond donors (Lipinski definition) is 3. The van der Waals surface area contributed by atoms with Crippen molar-refractivity contribution in [2.75, 3.05) is 11.1 Å². The number of carbonyl (C=O) groups is 1. The van der Waals surface area contributed by atoms with Crippen LogP contribution in [0.25, 0.3) is 11.0 Å². The molecule has 0 bridgehead atoms. The first-order valence-corrected chi connectivity index (χ1v) is 5.84. The highest BCUT2D eigenvalue weighted by atomic mass is 16.1. The van der Waals surface area contributed by atoms with Gasteiger partial charge in [-0.05, 0) is 30.3 Å². The van der Waals surface area contributed by atoms with Gasteiger partial charge in [-0.15, -0.1) is 0 Å². The van der Waals surface area contributed by atoms with Gasteiger partial charge in [0.15, 0.2) is 0 Å². The molecule has 0 aliphatic carbocycles. The fourth-order valence-corrected chi connectivity index (χ4v) is 1.86. The quantitative estimate of drug-likeness (QED) is 0.612. The number of benzene rings is 2. The summed E-state index contributed by atoms with van der Waals surface area (Å²) in [5.41, 5.74) is 8.48. The van der Waals surface area contributed by atoms with Gasteiger partial charge in [-0.2, -0.15) is 0 Å². The van der Waals surface area contributed by atoms with E-state index in [-0.39, 0.29) is 5.91 Å². The maximum Gasteiger partial charge on any atom is 0.257 e. The number of H-pyrrole nitrogens is 1. The molecule has 19 heavy (non-hydrogen) atoms. The van der Waals surface area contributed by atoms with E-state index in [9.17, 15) is 4.79 Å². The molecule has 0 saturated heterocycles. The average molecular weight is 252 g/mol. The molecule has 3 rings (SSSR count). The highest BCUT2D eigenvalue weighted by Gasteiger charge is 2.08. The van der Waals surface area contributed by atoms with Gasteiger partial charge in [-0.25, -0.2) is 4.98 Å². The summed E-state index contributed by atoms with van der Waals surface area (Å²) in [5.74, 6) is 0.210. The zero-order valence-corrected chi connectivity index (χ0v) is 10.1. The standard InChI is InChI=1S/C14H12N4O/c15-10-6-7-11-12(8-10)17-14(16-11)18-13(19)9-4-2-1-3-5-9/h1-8H,15H2,(H2,16,17,18,19). The summed E-state index contributed by atoms with van der Waals surface area (Å²) in [5, 5.41) is 2.72. The number of amides is 1. The van der Waals surface area contributed by atoms with E-state index in [2.05, 4.69) is 15.3 Å². The van der Waals surface area contributed by atoms with Crippen LogP contribution in [-0.4, -0.2) is 15.9 Å². The smallest absolute Gasteiger partial charge is 0.257 e. The van der Waals surface area contributed by atoms with Crippen molar-refractivity contribution < 1.29 is 4.79 Å². The lowest BCUT2D eigenvalue weighted by Crippen LogP contribution is -2.12. The van der Waals surface area contributed by atoms with E-state index in [0.717, 1.165) is 11.0 Å². The number of anilines is 2. The van der Waals surface area contributed by atoms with Gasteiger partial charge in [0.05, 0.1) is 11.0 Å². The molecule has 0 atom stereocenters. The normalized spacial score (nSPS) is 10.5. The van der Waals surface area contributed by atoms with Crippen LogP contribution in [-0.2, 0) is 0 Å². The number of aromatic amines is 1. The number of nitrogens with zero attached hydrogens (tertiary/aromatic N) is 1. The number of nitrogen functional groups attached to an aromatic ring is 1. The van der Waals surface area contributed by atoms with E-state index >= 15 is 0 Å². The van der Waals surface area contributed by atoms with Crippen LogP contribution in [0.5, 0.6) is 0 Å². The number of nitrogens with two attached hydrogens (primary N) is 1. The number of nitrogens with one attached hydrogen (secondary N) is 2. The maximum atomic E-state index is 12.0. The zero-order valence-electron chi connectivity index (χ0n) is 10.1. The Labute approximate surface area is 109 Å². The molecule has 1 aromatic heterocycles. The summed E-state index contributed by atoms with van der Waals surface area (Å²) in [7, 11) is 0. The molecule has 0 radical (unpaired) electrons. The van der Waals surface area contributed by atoms with Crippen molar-refractivity contribution in [1.29, 1.82) is 0 Å². The van der Waals surface area contributed by atoms with E-state index in [1.807, 2.05) is 18.2 Å². The Morgan fingerprint density at radius 2 is 1.95 bits per heavy atom. The van der Waals surface area contributed by atoms with Crippen LogP contribution in [0.4, 0.5) is 11.6 Å². The van der Waals surface area contributed by atoms with E-state index in [0.29, 0.717) is 17.2 Å².